The van der Waals surface area contributed by atoms with E-state index in [2.05, 4.69) is 25.8 Å². The number of hydrazone groups is 1. The standard InChI is InChI=1S/C26H21FN6O2S/c1-34-23-12-8-22(9-13-23)33-15-21(30-32-33)16-35-24-10-2-18(3-11-24)14-28-31-26-29-25(17-36-26)19-4-6-20(27)7-5-19/h2-15,17H,16H2,1H3,(H,29,31)/b28-14+. The van der Waals surface area contributed by atoms with Gasteiger partial charge in [0.25, 0.3) is 0 Å². The molecule has 0 fully saturated rings. The molecule has 0 aliphatic heterocycles. The number of benzene rings is 3. The van der Waals surface area contributed by atoms with Gasteiger partial charge < -0.3 is 9.47 Å². The van der Waals surface area contributed by atoms with E-state index in [1.165, 1.54) is 23.5 Å². The molecule has 3 aromatic carbocycles. The fraction of sp³-hybridized carbons (Fsp3) is 0.0769. The number of methoxy groups -OCH3 is 1. The first kappa shape index (κ1) is 23.2. The lowest BCUT2D eigenvalue weighted by Gasteiger charge is -2.04. The summed E-state index contributed by atoms with van der Waals surface area (Å²) in [7, 11) is 1.63. The zero-order valence-electron chi connectivity index (χ0n) is 19.2. The Hall–Kier alpha value is -4.57. The molecule has 0 bridgehead atoms. The van der Waals surface area contributed by atoms with E-state index < -0.39 is 0 Å². The van der Waals surface area contributed by atoms with E-state index in [0.717, 1.165) is 28.3 Å². The van der Waals surface area contributed by atoms with Crippen molar-refractivity contribution < 1.29 is 13.9 Å². The third kappa shape index (κ3) is 5.73. The number of rotatable bonds is 9. The van der Waals surface area contributed by atoms with Gasteiger partial charge in [-0.15, -0.1) is 16.4 Å². The molecule has 5 rings (SSSR count). The van der Waals surface area contributed by atoms with Gasteiger partial charge in [-0.2, -0.15) is 5.10 Å². The van der Waals surface area contributed by atoms with Crippen molar-refractivity contribution >= 4 is 22.7 Å². The highest BCUT2D eigenvalue weighted by Gasteiger charge is 2.06. The lowest BCUT2D eigenvalue weighted by Crippen LogP contribution is -1.96. The number of thiazole rings is 1. The number of hydrogen-bond acceptors (Lipinski definition) is 8. The predicted molar refractivity (Wildman–Crippen MR) is 137 cm³/mol. The number of aromatic nitrogens is 4. The zero-order valence-corrected chi connectivity index (χ0v) is 20.0. The van der Waals surface area contributed by atoms with Crippen LogP contribution in [0.2, 0.25) is 0 Å². The van der Waals surface area contributed by atoms with Crippen molar-refractivity contribution in [3.05, 3.63) is 101 Å². The number of halogens is 1. The predicted octanol–water partition coefficient (Wildman–Crippen LogP) is 5.56. The van der Waals surface area contributed by atoms with Crippen molar-refractivity contribution in [2.45, 2.75) is 6.61 Å². The number of hydrogen-bond donors (Lipinski definition) is 1. The van der Waals surface area contributed by atoms with Crippen LogP contribution in [-0.2, 0) is 6.61 Å². The van der Waals surface area contributed by atoms with Gasteiger partial charge in [-0.1, -0.05) is 5.21 Å². The van der Waals surface area contributed by atoms with Gasteiger partial charge >= 0.3 is 0 Å². The summed E-state index contributed by atoms with van der Waals surface area (Å²) >= 11 is 1.42. The first-order chi connectivity index (χ1) is 17.7. The quantitative estimate of drug-likeness (QED) is 0.211. The summed E-state index contributed by atoms with van der Waals surface area (Å²) < 4.78 is 25.8. The normalized spacial score (nSPS) is 11.1. The Morgan fingerprint density at radius 3 is 2.50 bits per heavy atom. The number of ether oxygens (including phenoxy) is 2. The number of nitrogens with zero attached hydrogens (tertiary/aromatic N) is 5. The molecule has 8 nitrogen and oxygen atoms in total. The van der Waals surface area contributed by atoms with Crippen LogP contribution in [0.3, 0.4) is 0 Å². The maximum Gasteiger partial charge on any atom is 0.203 e. The summed E-state index contributed by atoms with van der Waals surface area (Å²) in [5.74, 6) is 1.22. The topological polar surface area (TPSA) is 86.5 Å². The Balaban J connectivity index is 1.12. The zero-order chi connectivity index (χ0) is 24.7. The number of anilines is 1. The average Bonchev–Trinajstić information content (AvgIpc) is 3.59. The van der Waals surface area contributed by atoms with Crippen LogP contribution in [0.1, 0.15) is 11.3 Å². The molecule has 180 valence electrons. The number of nitrogens with one attached hydrogen (secondary N) is 1. The second-order valence-corrected chi connectivity index (χ2v) is 8.48. The fourth-order valence-electron chi connectivity index (χ4n) is 3.27. The molecule has 36 heavy (non-hydrogen) atoms. The SMILES string of the molecule is COc1ccc(-n2cc(COc3ccc(/C=N/Nc4nc(-c5ccc(F)cc5)cs4)cc3)nn2)cc1. The van der Waals surface area contributed by atoms with E-state index in [-0.39, 0.29) is 5.82 Å². The van der Waals surface area contributed by atoms with Gasteiger partial charge in [0.2, 0.25) is 5.13 Å². The molecule has 0 saturated carbocycles. The van der Waals surface area contributed by atoms with E-state index in [4.69, 9.17) is 9.47 Å². The highest BCUT2D eigenvalue weighted by molar-refractivity contribution is 7.14. The molecular weight excluding hydrogens is 479 g/mol. The lowest BCUT2D eigenvalue weighted by molar-refractivity contribution is 0.301. The largest absolute Gasteiger partial charge is 0.497 e. The second kappa shape index (κ2) is 10.8. The van der Waals surface area contributed by atoms with Gasteiger partial charge in [-0.25, -0.2) is 14.1 Å². The van der Waals surface area contributed by atoms with Gasteiger partial charge in [-0.05, 0) is 78.4 Å². The Kier molecular flexibility index (Phi) is 6.95. The van der Waals surface area contributed by atoms with Crippen LogP contribution in [0.15, 0.2) is 89.5 Å². The summed E-state index contributed by atoms with van der Waals surface area (Å²) in [6, 6.07) is 21.3. The van der Waals surface area contributed by atoms with Crippen LogP contribution in [0.5, 0.6) is 11.5 Å². The molecule has 2 aromatic heterocycles. The van der Waals surface area contributed by atoms with Gasteiger partial charge in [0.05, 0.1) is 30.9 Å². The van der Waals surface area contributed by atoms with Crippen molar-refractivity contribution in [3.63, 3.8) is 0 Å². The minimum Gasteiger partial charge on any atom is -0.497 e. The highest BCUT2D eigenvalue weighted by Crippen LogP contribution is 2.25. The van der Waals surface area contributed by atoms with Crippen LogP contribution >= 0.6 is 11.3 Å². The molecule has 1 N–H and O–H groups in total. The monoisotopic (exact) mass is 500 g/mol. The van der Waals surface area contributed by atoms with Crippen LogP contribution in [0.4, 0.5) is 9.52 Å². The maximum absolute atomic E-state index is 13.1. The third-order valence-electron chi connectivity index (χ3n) is 5.16. The summed E-state index contributed by atoms with van der Waals surface area (Å²) in [5, 5.41) is 15.1. The molecule has 0 unspecified atom stereocenters. The highest BCUT2D eigenvalue weighted by atomic mass is 32.1. The van der Waals surface area contributed by atoms with E-state index in [1.807, 2.05) is 60.1 Å². The Morgan fingerprint density at radius 2 is 1.75 bits per heavy atom. The van der Waals surface area contributed by atoms with Gasteiger partial charge in [0, 0.05) is 10.9 Å². The molecule has 0 radical (unpaired) electrons. The molecule has 10 heteroatoms. The molecule has 0 saturated heterocycles. The molecule has 0 aliphatic carbocycles. The van der Waals surface area contributed by atoms with E-state index in [9.17, 15) is 4.39 Å². The summed E-state index contributed by atoms with van der Waals surface area (Å²) in [4.78, 5) is 4.47. The minimum absolute atomic E-state index is 0.272. The van der Waals surface area contributed by atoms with Gasteiger partial charge in [-0.3, -0.25) is 5.43 Å². The Bertz CT molecular complexity index is 1450. The van der Waals surface area contributed by atoms with Crippen molar-refractivity contribution in [2.75, 3.05) is 12.5 Å². The fourth-order valence-corrected chi connectivity index (χ4v) is 3.94. The third-order valence-corrected chi connectivity index (χ3v) is 5.91. The average molecular weight is 501 g/mol. The van der Waals surface area contributed by atoms with E-state index >= 15 is 0 Å². The van der Waals surface area contributed by atoms with Crippen molar-refractivity contribution in [1.29, 1.82) is 0 Å². The minimum atomic E-state index is -0.272. The van der Waals surface area contributed by atoms with Crippen molar-refractivity contribution in [1.82, 2.24) is 20.0 Å². The second-order valence-electron chi connectivity index (χ2n) is 7.62. The Labute approximate surface area is 210 Å². The first-order valence-corrected chi connectivity index (χ1v) is 11.8. The Morgan fingerprint density at radius 1 is 1.00 bits per heavy atom. The van der Waals surface area contributed by atoms with E-state index in [1.54, 1.807) is 30.1 Å². The molecule has 0 aliphatic rings. The summed E-state index contributed by atoms with van der Waals surface area (Å²) in [6.07, 6.45) is 3.53. The van der Waals surface area contributed by atoms with E-state index in [0.29, 0.717) is 23.2 Å². The van der Waals surface area contributed by atoms with Crippen LogP contribution in [-0.4, -0.2) is 33.3 Å². The van der Waals surface area contributed by atoms with Crippen LogP contribution in [0, 0.1) is 5.82 Å². The molecule has 0 amide bonds. The lowest BCUT2D eigenvalue weighted by atomic mass is 10.2. The maximum atomic E-state index is 13.1. The van der Waals surface area contributed by atoms with Crippen LogP contribution < -0.4 is 14.9 Å². The van der Waals surface area contributed by atoms with Gasteiger partial charge in [0.1, 0.15) is 29.6 Å². The molecule has 0 spiro atoms. The summed E-state index contributed by atoms with van der Waals surface area (Å²) in [6.45, 7) is 0.297. The van der Waals surface area contributed by atoms with Crippen molar-refractivity contribution in [3.8, 4) is 28.4 Å². The van der Waals surface area contributed by atoms with Crippen LogP contribution in [0.25, 0.3) is 16.9 Å². The molecule has 0 atom stereocenters. The van der Waals surface area contributed by atoms with Crippen molar-refractivity contribution in [2.24, 2.45) is 5.10 Å². The molecule has 5 aromatic rings. The summed E-state index contributed by atoms with van der Waals surface area (Å²) in [5.41, 5.74) is 7.04. The first-order valence-electron chi connectivity index (χ1n) is 11.0. The van der Waals surface area contributed by atoms with Gasteiger partial charge in [0.15, 0.2) is 0 Å². The smallest absolute Gasteiger partial charge is 0.203 e. The molecular formula is C26H21FN6O2S. The molecule has 2 heterocycles.